The zero-order chi connectivity index (χ0) is 41.8. The normalized spacial score (nSPS) is 22.2. The summed E-state index contributed by atoms with van der Waals surface area (Å²) in [6, 6.07) is 14.8. The molecule has 0 spiro atoms. The minimum atomic E-state index is -2.31. The molecule has 0 aromatic heterocycles. The molecule has 0 bridgehead atoms. The van der Waals surface area contributed by atoms with Crippen LogP contribution in [-0.4, -0.2) is 62.0 Å². The average Bonchev–Trinajstić information content (AvgIpc) is 3.16. The molecule has 4 rings (SSSR count). The van der Waals surface area contributed by atoms with Crippen LogP contribution in [0.25, 0.3) is 0 Å². The highest BCUT2D eigenvalue weighted by molar-refractivity contribution is 6.74. The second kappa shape index (κ2) is 21.1. The van der Waals surface area contributed by atoms with Crippen LogP contribution in [0.3, 0.4) is 0 Å². The van der Waals surface area contributed by atoms with Gasteiger partial charge in [-0.15, -0.1) is 13.2 Å². The number of esters is 2. The predicted octanol–water partition coefficient (Wildman–Crippen LogP) is 11.5. The lowest BCUT2D eigenvalue weighted by atomic mass is 9.81. The molecule has 2 heterocycles. The molecule has 0 aliphatic carbocycles. The highest BCUT2D eigenvalue weighted by Crippen LogP contribution is 2.41. The molecule has 2 fully saturated rings. The minimum absolute atomic E-state index is 0.0186. The van der Waals surface area contributed by atoms with Gasteiger partial charge >= 0.3 is 11.9 Å². The van der Waals surface area contributed by atoms with Gasteiger partial charge in [0.25, 0.3) is 0 Å². The number of hydrogen-bond donors (Lipinski definition) is 1. The van der Waals surface area contributed by atoms with Crippen LogP contribution in [0.15, 0.2) is 73.8 Å². The van der Waals surface area contributed by atoms with Crippen molar-refractivity contribution >= 4 is 20.3 Å². The zero-order valence-electron chi connectivity index (χ0n) is 36.2. The second-order valence-electron chi connectivity index (χ2n) is 18.6. The van der Waals surface area contributed by atoms with Gasteiger partial charge in [0.15, 0.2) is 8.32 Å². The maximum atomic E-state index is 14.1. The Hall–Kier alpha value is -3.24. The third kappa shape index (κ3) is 13.4. The fraction of sp³-hybridized carbons (Fsp3) is 0.625. The van der Waals surface area contributed by atoms with Crippen molar-refractivity contribution in [2.75, 3.05) is 0 Å². The number of aromatic hydroxyl groups is 1. The summed E-state index contributed by atoms with van der Waals surface area (Å²) in [7, 11) is -2.31. The van der Waals surface area contributed by atoms with E-state index in [-0.39, 0.29) is 65.4 Å². The van der Waals surface area contributed by atoms with Gasteiger partial charge in [0, 0.05) is 6.42 Å². The lowest BCUT2D eigenvalue weighted by molar-refractivity contribution is -0.174. The fourth-order valence-corrected chi connectivity index (χ4v) is 9.29. The van der Waals surface area contributed by atoms with E-state index in [0.717, 1.165) is 63.4 Å². The van der Waals surface area contributed by atoms with Gasteiger partial charge in [-0.2, -0.15) is 0 Å². The summed E-state index contributed by atoms with van der Waals surface area (Å²) >= 11 is 0. The molecule has 9 heteroatoms. The van der Waals surface area contributed by atoms with E-state index in [1.807, 2.05) is 56.3 Å². The number of hydrogen-bond acceptors (Lipinski definition) is 8. The van der Waals surface area contributed by atoms with Gasteiger partial charge in [-0.1, -0.05) is 82.3 Å². The standard InChI is InChI=1S/C48H72O8Si/c1-11-19-36-23-16-27-41(49)44(36)45(50)55-42(34(3)29-30-38-25-17-24-37(53-38)20-12-2)32-40(56-57(9,10)47(4,5)6)31-39-26-18-28-43(54-39)48(7,8)46(51)52-33-35-21-14-13-15-22-35/h11-16,21-23,27,34,37-40,42-43,49H,1-2,17-20,24-26,28-33H2,3-10H3/t34-,37-,38-,39-,40-,42+,43+/m0/s1. The summed E-state index contributed by atoms with van der Waals surface area (Å²) in [4.78, 5) is 27.6. The monoisotopic (exact) mass is 804 g/mol. The van der Waals surface area contributed by atoms with Crippen molar-refractivity contribution in [3.8, 4) is 5.75 Å². The van der Waals surface area contributed by atoms with Crippen molar-refractivity contribution in [3.63, 3.8) is 0 Å². The highest BCUT2D eigenvalue weighted by atomic mass is 28.4. The highest BCUT2D eigenvalue weighted by Gasteiger charge is 2.44. The molecule has 316 valence electrons. The molecule has 0 amide bonds. The van der Waals surface area contributed by atoms with Crippen LogP contribution >= 0.6 is 0 Å². The topological polar surface area (TPSA) is 101 Å². The molecule has 2 saturated heterocycles. The summed E-state index contributed by atoms with van der Waals surface area (Å²) in [5.41, 5.74) is 0.953. The molecule has 2 aromatic carbocycles. The largest absolute Gasteiger partial charge is 0.507 e. The molecule has 1 N–H and O–H groups in total. The summed E-state index contributed by atoms with van der Waals surface area (Å²) in [5.74, 6) is -0.938. The number of carbonyl (C=O) groups excluding carboxylic acids is 2. The molecule has 57 heavy (non-hydrogen) atoms. The SMILES string of the molecule is C=CCc1cccc(O)c1C(=O)O[C@H](C[C@H](C[C@@H]1CCC[C@H](C(C)(C)C(=O)OCc2ccccc2)O1)O[Si](C)(C)C(C)(C)C)[C@@H](C)CC[C@@H]1CCC[C@H](CC=C)O1. The lowest BCUT2D eigenvalue weighted by Crippen LogP contribution is -2.48. The van der Waals surface area contributed by atoms with Crippen LogP contribution < -0.4 is 0 Å². The van der Waals surface area contributed by atoms with E-state index < -0.39 is 25.8 Å². The second-order valence-corrected chi connectivity index (χ2v) is 23.3. The van der Waals surface area contributed by atoms with E-state index in [0.29, 0.717) is 24.8 Å². The Bertz CT molecular complexity index is 1600. The molecule has 2 aromatic rings. The predicted molar refractivity (Wildman–Crippen MR) is 231 cm³/mol. The first-order valence-electron chi connectivity index (χ1n) is 21.4. The van der Waals surface area contributed by atoms with E-state index >= 15 is 0 Å². The van der Waals surface area contributed by atoms with E-state index in [1.165, 1.54) is 6.07 Å². The zero-order valence-corrected chi connectivity index (χ0v) is 37.2. The van der Waals surface area contributed by atoms with Crippen LogP contribution in [0.4, 0.5) is 0 Å². The molecule has 0 radical (unpaired) electrons. The third-order valence-electron chi connectivity index (χ3n) is 12.6. The van der Waals surface area contributed by atoms with Crippen molar-refractivity contribution in [1.82, 2.24) is 0 Å². The first-order valence-corrected chi connectivity index (χ1v) is 24.3. The van der Waals surface area contributed by atoms with E-state index in [2.05, 4.69) is 53.9 Å². The van der Waals surface area contributed by atoms with E-state index in [9.17, 15) is 14.7 Å². The number of ether oxygens (including phenoxy) is 4. The smallest absolute Gasteiger partial charge is 0.342 e. The number of allylic oxidation sites excluding steroid dienone is 1. The van der Waals surface area contributed by atoms with Gasteiger partial charge in [0.05, 0.1) is 35.9 Å². The van der Waals surface area contributed by atoms with Crippen LogP contribution in [0, 0.1) is 11.3 Å². The van der Waals surface area contributed by atoms with Crippen molar-refractivity contribution in [2.24, 2.45) is 11.3 Å². The fourth-order valence-electron chi connectivity index (χ4n) is 7.91. The summed E-state index contributed by atoms with van der Waals surface area (Å²) in [5, 5.41) is 10.9. The average molecular weight is 805 g/mol. The van der Waals surface area contributed by atoms with Crippen molar-refractivity contribution in [1.29, 1.82) is 0 Å². The van der Waals surface area contributed by atoms with Gasteiger partial charge in [-0.05, 0) is 126 Å². The number of phenolic OH excluding ortho intramolecular Hbond substituents is 1. The number of phenols is 1. The lowest BCUT2D eigenvalue weighted by Gasteiger charge is -2.43. The molecule has 8 nitrogen and oxygen atoms in total. The molecule has 0 unspecified atom stereocenters. The Labute approximate surface area is 344 Å². The molecule has 0 saturated carbocycles. The quantitative estimate of drug-likeness (QED) is 0.0802. The Morgan fingerprint density at radius 2 is 1.60 bits per heavy atom. The number of carbonyl (C=O) groups is 2. The number of rotatable bonds is 20. The first kappa shape index (κ1) is 46.4. The molecule has 7 atom stereocenters. The van der Waals surface area contributed by atoms with Gasteiger partial charge in [0.2, 0.25) is 0 Å². The van der Waals surface area contributed by atoms with Crippen molar-refractivity contribution < 1.29 is 38.1 Å². The molecule has 2 aliphatic rings. The van der Waals surface area contributed by atoms with Gasteiger partial charge in [-0.3, -0.25) is 4.79 Å². The van der Waals surface area contributed by atoms with E-state index in [4.69, 9.17) is 23.4 Å². The van der Waals surface area contributed by atoms with Crippen LogP contribution in [0.5, 0.6) is 5.75 Å². The maximum Gasteiger partial charge on any atom is 0.342 e. The van der Waals surface area contributed by atoms with Crippen LogP contribution in [0.2, 0.25) is 18.1 Å². The number of benzene rings is 2. The van der Waals surface area contributed by atoms with Crippen LogP contribution in [-0.2, 0) is 41.2 Å². The summed E-state index contributed by atoms with van der Waals surface area (Å²) in [6.45, 7) is 25.2. The van der Waals surface area contributed by atoms with Gasteiger partial charge in [0.1, 0.15) is 24.0 Å². The van der Waals surface area contributed by atoms with Gasteiger partial charge < -0.3 is 28.5 Å². The maximum absolute atomic E-state index is 14.1. The van der Waals surface area contributed by atoms with Crippen LogP contribution in [0.1, 0.15) is 134 Å². The Morgan fingerprint density at radius 1 is 0.912 bits per heavy atom. The minimum Gasteiger partial charge on any atom is -0.507 e. The summed E-state index contributed by atoms with van der Waals surface area (Å²) in [6.07, 6.45) is 12.5. The van der Waals surface area contributed by atoms with Crippen molar-refractivity contribution in [2.45, 2.75) is 180 Å². The van der Waals surface area contributed by atoms with Crippen molar-refractivity contribution in [3.05, 3.63) is 90.5 Å². The molecular weight excluding hydrogens is 733 g/mol. The van der Waals surface area contributed by atoms with Gasteiger partial charge in [-0.25, -0.2) is 4.79 Å². The Balaban J connectivity index is 1.58. The third-order valence-corrected chi connectivity index (χ3v) is 17.1. The molecule has 2 aliphatic heterocycles. The Morgan fingerprint density at radius 3 is 2.28 bits per heavy atom. The summed E-state index contributed by atoms with van der Waals surface area (Å²) < 4.78 is 32.8. The molecular formula is C48H72O8Si. The first-order chi connectivity index (χ1) is 26.9. The van der Waals surface area contributed by atoms with E-state index in [1.54, 1.807) is 12.1 Å². The Kier molecular flexibility index (Phi) is 17.2.